The van der Waals surface area contributed by atoms with Gasteiger partial charge in [-0.1, -0.05) is 13.8 Å². The van der Waals surface area contributed by atoms with Crippen LogP contribution in [0, 0.1) is 5.92 Å². The number of pyridine rings is 1. The van der Waals surface area contributed by atoms with Crippen LogP contribution in [0.15, 0.2) is 18.3 Å². The molecule has 1 aliphatic carbocycles. The van der Waals surface area contributed by atoms with Gasteiger partial charge in [-0.25, -0.2) is 9.50 Å². The smallest absolute Gasteiger partial charge is 0.224 e. The maximum atomic E-state index is 11.9. The molecule has 2 aromatic rings. The van der Waals surface area contributed by atoms with Gasteiger partial charge in [-0.05, 0) is 30.9 Å². The predicted octanol–water partition coefficient (Wildman–Crippen LogP) is 2.59. The van der Waals surface area contributed by atoms with Crippen LogP contribution in [0.1, 0.15) is 44.9 Å². The Morgan fingerprint density at radius 2 is 2.32 bits per heavy atom. The average molecular weight is 258 g/mol. The Labute approximate surface area is 112 Å². The second-order valence-corrected chi connectivity index (χ2v) is 5.58. The van der Waals surface area contributed by atoms with E-state index in [1.165, 1.54) is 12.8 Å². The highest BCUT2D eigenvalue weighted by molar-refractivity contribution is 5.94. The van der Waals surface area contributed by atoms with Gasteiger partial charge in [-0.2, -0.15) is 5.10 Å². The Balaban J connectivity index is 1.87. The van der Waals surface area contributed by atoms with Crippen LogP contribution in [0.5, 0.6) is 0 Å². The molecule has 0 atom stereocenters. The fraction of sp³-hybridized carbons (Fsp3) is 0.500. The molecule has 1 fully saturated rings. The number of anilines is 1. The number of hydrogen-bond donors (Lipinski definition) is 1. The predicted molar refractivity (Wildman–Crippen MR) is 73.0 cm³/mol. The van der Waals surface area contributed by atoms with Crippen LogP contribution in [-0.2, 0) is 4.79 Å². The quantitative estimate of drug-likeness (QED) is 0.917. The summed E-state index contributed by atoms with van der Waals surface area (Å²) in [6.07, 6.45) is 4.73. The topological polar surface area (TPSA) is 59.3 Å². The molecule has 0 aliphatic heterocycles. The van der Waals surface area contributed by atoms with Crippen LogP contribution in [-0.4, -0.2) is 20.5 Å². The number of carbonyl (C=O) groups is 1. The molecule has 1 saturated carbocycles. The first-order valence-electron chi connectivity index (χ1n) is 6.78. The van der Waals surface area contributed by atoms with Gasteiger partial charge in [0.2, 0.25) is 5.91 Å². The minimum Gasteiger partial charge on any atom is -0.323 e. The van der Waals surface area contributed by atoms with Crippen molar-refractivity contribution in [2.75, 3.05) is 5.32 Å². The summed E-state index contributed by atoms with van der Waals surface area (Å²) in [5.74, 6) is 1.78. The zero-order chi connectivity index (χ0) is 13.4. The normalized spacial score (nSPS) is 15.1. The summed E-state index contributed by atoms with van der Waals surface area (Å²) in [4.78, 5) is 16.4. The molecule has 5 nitrogen and oxygen atoms in total. The van der Waals surface area contributed by atoms with Gasteiger partial charge in [-0.15, -0.1) is 0 Å². The third-order valence-electron chi connectivity index (χ3n) is 3.19. The molecule has 5 heteroatoms. The molecular formula is C14H18N4O. The zero-order valence-corrected chi connectivity index (χ0v) is 11.3. The molecule has 0 radical (unpaired) electrons. The van der Waals surface area contributed by atoms with E-state index in [9.17, 15) is 4.79 Å². The summed E-state index contributed by atoms with van der Waals surface area (Å²) in [6, 6.07) is 3.75. The lowest BCUT2D eigenvalue weighted by Crippen LogP contribution is -2.14. The van der Waals surface area contributed by atoms with Crippen LogP contribution in [0.4, 0.5) is 5.69 Å². The van der Waals surface area contributed by atoms with Crippen molar-refractivity contribution in [2.45, 2.75) is 39.0 Å². The molecule has 3 rings (SSSR count). The van der Waals surface area contributed by atoms with E-state index >= 15 is 0 Å². The van der Waals surface area contributed by atoms with E-state index < -0.39 is 0 Å². The first-order valence-corrected chi connectivity index (χ1v) is 6.78. The Bertz CT molecular complexity index is 613. The van der Waals surface area contributed by atoms with Gasteiger partial charge in [0, 0.05) is 18.5 Å². The van der Waals surface area contributed by atoms with E-state index in [4.69, 9.17) is 0 Å². The SMILES string of the molecule is CC(C)CC(=O)Nc1cccn2nc(C3CC3)nc12. The third-order valence-corrected chi connectivity index (χ3v) is 3.19. The summed E-state index contributed by atoms with van der Waals surface area (Å²) < 4.78 is 1.75. The van der Waals surface area contributed by atoms with Crippen LogP contribution in [0.25, 0.3) is 5.65 Å². The molecule has 1 N–H and O–H groups in total. The number of fused-ring (bicyclic) bond motifs is 1. The van der Waals surface area contributed by atoms with E-state index in [1.54, 1.807) is 4.52 Å². The van der Waals surface area contributed by atoms with Gasteiger partial charge < -0.3 is 5.32 Å². The monoisotopic (exact) mass is 258 g/mol. The van der Waals surface area contributed by atoms with Crippen molar-refractivity contribution in [1.82, 2.24) is 14.6 Å². The summed E-state index contributed by atoms with van der Waals surface area (Å²) in [5.41, 5.74) is 1.48. The number of amides is 1. The second-order valence-electron chi connectivity index (χ2n) is 5.58. The second kappa shape index (κ2) is 4.64. The standard InChI is InChI=1S/C14H18N4O/c1-9(2)8-12(19)15-11-4-3-7-18-14(11)16-13(17-18)10-5-6-10/h3-4,7,9-10H,5-6,8H2,1-2H3,(H,15,19). The molecule has 0 aromatic carbocycles. The van der Waals surface area contributed by atoms with E-state index in [2.05, 4.69) is 15.4 Å². The van der Waals surface area contributed by atoms with Crippen LogP contribution < -0.4 is 5.32 Å². The lowest BCUT2D eigenvalue weighted by atomic mass is 10.1. The molecule has 1 aliphatic rings. The van der Waals surface area contributed by atoms with Crippen molar-refractivity contribution in [2.24, 2.45) is 5.92 Å². The average Bonchev–Trinajstić information content (AvgIpc) is 3.08. The molecule has 0 bridgehead atoms. The van der Waals surface area contributed by atoms with Crippen molar-refractivity contribution in [3.05, 3.63) is 24.2 Å². The number of carbonyl (C=O) groups excluding carboxylic acids is 1. The van der Waals surface area contributed by atoms with Gasteiger partial charge in [0.1, 0.15) is 0 Å². The number of aromatic nitrogens is 3. The van der Waals surface area contributed by atoms with Crippen molar-refractivity contribution in [3.63, 3.8) is 0 Å². The van der Waals surface area contributed by atoms with Gasteiger partial charge in [0.15, 0.2) is 11.5 Å². The van der Waals surface area contributed by atoms with Gasteiger partial charge >= 0.3 is 0 Å². The van der Waals surface area contributed by atoms with Crippen molar-refractivity contribution in [1.29, 1.82) is 0 Å². The third kappa shape index (κ3) is 2.59. The number of rotatable bonds is 4. The highest BCUT2D eigenvalue weighted by Crippen LogP contribution is 2.38. The largest absolute Gasteiger partial charge is 0.323 e. The first-order chi connectivity index (χ1) is 9.13. The fourth-order valence-corrected chi connectivity index (χ4v) is 2.11. The summed E-state index contributed by atoms with van der Waals surface area (Å²) in [7, 11) is 0. The first kappa shape index (κ1) is 12.1. The lowest BCUT2D eigenvalue weighted by Gasteiger charge is -2.07. The van der Waals surface area contributed by atoms with Crippen molar-refractivity contribution in [3.8, 4) is 0 Å². The molecular weight excluding hydrogens is 240 g/mol. The molecule has 100 valence electrons. The number of nitrogens with one attached hydrogen (secondary N) is 1. The Morgan fingerprint density at radius 3 is 3.00 bits per heavy atom. The van der Waals surface area contributed by atoms with Gasteiger partial charge in [0.25, 0.3) is 0 Å². The fourth-order valence-electron chi connectivity index (χ4n) is 2.11. The van der Waals surface area contributed by atoms with Gasteiger partial charge in [-0.3, -0.25) is 4.79 Å². The van der Waals surface area contributed by atoms with Crippen molar-refractivity contribution >= 4 is 17.2 Å². The minimum absolute atomic E-state index is 0.0269. The summed E-state index contributed by atoms with van der Waals surface area (Å²) in [6.45, 7) is 4.06. The van der Waals surface area contributed by atoms with Gasteiger partial charge in [0.05, 0.1) is 5.69 Å². The van der Waals surface area contributed by atoms with Crippen LogP contribution in [0.2, 0.25) is 0 Å². The maximum absolute atomic E-state index is 11.9. The van der Waals surface area contributed by atoms with E-state index in [-0.39, 0.29) is 5.91 Å². The molecule has 0 spiro atoms. The summed E-state index contributed by atoms with van der Waals surface area (Å²) in [5, 5.41) is 7.38. The number of hydrogen-bond acceptors (Lipinski definition) is 3. The molecule has 19 heavy (non-hydrogen) atoms. The Morgan fingerprint density at radius 1 is 1.53 bits per heavy atom. The van der Waals surface area contributed by atoms with E-state index in [1.807, 2.05) is 32.2 Å². The lowest BCUT2D eigenvalue weighted by molar-refractivity contribution is -0.116. The highest BCUT2D eigenvalue weighted by Gasteiger charge is 2.28. The van der Waals surface area contributed by atoms with Crippen molar-refractivity contribution < 1.29 is 4.79 Å². The summed E-state index contributed by atoms with van der Waals surface area (Å²) >= 11 is 0. The maximum Gasteiger partial charge on any atom is 0.224 e. The van der Waals surface area contributed by atoms with E-state index in [0.29, 0.717) is 18.3 Å². The minimum atomic E-state index is 0.0269. The Kier molecular flexibility index (Phi) is 2.97. The number of nitrogens with zero attached hydrogens (tertiary/aromatic N) is 3. The molecule has 1 amide bonds. The van der Waals surface area contributed by atoms with Crippen LogP contribution in [0.3, 0.4) is 0 Å². The molecule has 2 aromatic heterocycles. The highest BCUT2D eigenvalue weighted by atomic mass is 16.1. The molecule has 0 unspecified atom stereocenters. The van der Waals surface area contributed by atoms with Crippen LogP contribution >= 0.6 is 0 Å². The molecule has 2 heterocycles. The Hall–Kier alpha value is -1.91. The van der Waals surface area contributed by atoms with E-state index in [0.717, 1.165) is 17.2 Å². The zero-order valence-electron chi connectivity index (χ0n) is 11.3. The molecule has 0 saturated heterocycles.